The molecule has 1 saturated heterocycles. The van der Waals surface area contributed by atoms with Crippen LogP contribution in [0.1, 0.15) is 18.4 Å². The van der Waals surface area contributed by atoms with Gasteiger partial charge < -0.3 is 10.0 Å². The third kappa shape index (κ3) is 2.43. The van der Waals surface area contributed by atoms with Crippen molar-refractivity contribution >= 4 is 17.7 Å². The van der Waals surface area contributed by atoms with Crippen LogP contribution >= 0.6 is 0 Å². The molecule has 1 aromatic rings. The zero-order valence-corrected chi connectivity index (χ0v) is 11.1. The number of carbonyl (C=O) groups excluding carboxylic acids is 1. The minimum atomic E-state index is -0.988. The Labute approximate surface area is 116 Å². The summed E-state index contributed by atoms with van der Waals surface area (Å²) in [6.07, 6.45) is 1.14. The van der Waals surface area contributed by atoms with Crippen LogP contribution in [0.2, 0.25) is 0 Å². The SMILES string of the molecule is CN(C(=O)N1CCCC1C(=O)O)c1ccccc1C#N. The number of likely N-dealkylation sites (tertiary alicyclic amines) is 1. The van der Waals surface area contributed by atoms with Crippen molar-refractivity contribution in [2.45, 2.75) is 18.9 Å². The van der Waals surface area contributed by atoms with E-state index in [-0.39, 0.29) is 0 Å². The number of hydrogen-bond donors (Lipinski definition) is 1. The fourth-order valence-corrected chi connectivity index (χ4v) is 2.41. The summed E-state index contributed by atoms with van der Waals surface area (Å²) < 4.78 is 0. The highest BCUT2D eigenvalue weighted by Crippen LogP contribution is 2.24. The number of nitriles is 1. The number of urea groups is 1. The van der Waals surface area contributed by atoms with Gasteiger partial charge in [0.25, 0.3) is 0 Å². The molecule has 1 aliphatic heterocycles. The van der Waals surface area contributed by atoms with Gasteiger partial charge in [0.15, 0.2) is 0 Å². The number of amides is 2. The second-order valence-corrected chi connectivity index (χ2v) is 4.66. The number of benzene rings is 1. The summed E-state index contributed by atoms with van der Waals surface area (Å²) in [6.45, 7) is 0.425. The fourth-order valence-electron chi connectivity index (χ4n) is 2.41. The van der Waals surface area contributed by atoms with Crippen molar-refractivity contribution < 1.29 is 14.7 Å². The van der Waals surface area contributed by atoms with Gasteiger partial charge in [-0.05, 0) is 25.0 Å². The van der Waals surface area contributed by atoms with Crippen LogP contribution in [0.15, 0.2) is 24.3 Å². The van der Waals surface area contributed by atoms with E-state index >= 15 is 0 Å². The molecule has 1 N–H and O–H groups in total. The van der Waals surface area contributed by atoms with Gasteiger partial charge in [0.05, 0.1) is 11.3 Å². The van der Waals surface area contributed by atoms with Crippen molar-refractivity contribution in [2.24, 2.45) is 0 Å². The van der Waals surface area contributed by atoms with Gasteiger partial charge in [-0.1, -0.05) is 12.1 Å². The molecule has 104 valence electrons. The molecule has 0 saturated carbocycles. The summed E-state index contributed by atoms with van der Waals surface area (Å²) in [5.41, 5.74) is 0.866. The molecule has 2 rings (SSSR count). The van der Waals surface area contributed by atoms with Crippen LogP contribution < -0.4 is 4.90 Å². The normalized spacial score (nSPS) is 17.6. The number of hydrogen-bond acceptors (Lipinski definition) is 3. The van der Waals surface area contributed by atoms with Crippen molar-refractivity contribution in [2.75, 3.05) is 18.5 Å². The number of anilines is 1. The van der Waals surface area contributed by atoms with Gasteiger partial charge in [0, 0.05) is 13.6 Å². The second kappa shape index (κ2) is 5.61. The minimum absolute atomic E-state index is 0.384. The molecule has 0 aliphatic carbocycles. The monoisotopic (exact) mass is 273 g/mol. The highest BCUT2D eigenvalue weighted by Gasteiger charge is 2.35. The first-order valence-electron chi connectivity index (χ1n) is 6.32. The first-order chi connectivity index (χ1) is 9.56. The van der Waals surface area contributed by atoms with Gasteiger partial charge in [-0.15, -0.1) is 0 Å². The van der Waals surface area contributed by atoms with Crippen molar-refractivity contribution in [3.63, 3.8) is 0 Å². The summed E-state index contributed by atoms with van der Waals surface area (Å²) >= 11 is 0. The number of carbonyl (C=O) groups is 2. The van der Waals surface area contributed by atoms with Gasteiger partial charge >= 0.3 is 12.0 Å². The van der Waals surface area contributed by atoms with Crippen molar-refractivity contribution in [3.05, 3.63) is 29.8 Å². The van der Waals surface area contributed by atoms with E-state index in [1.54, 1.807) is 31.3 Å². The van der Waals surface area contributed by atoms with Crippen LogP contribution in [0.25, 0.3) is 0 Å². The molecular weight excluding hydrogens is 258 g/mol. The Morgan fingerprint density at radius 1 is 1.45 bits per heavy atom. The molecule has 6 heteroatoms. The second-order valence-electron chi connectivity index (χ2n) is 4.66. The first kappa shape index (κ1) is 13.9. The van der Waals surface area contributed by atoms with Crippen LogP contribution in [0.4, 0.5) is 10.5 Å². The summed E-state index contributed by atoms with van der Waals surface area (Å²) in [4.78, 5) is 26.2. The summed E-state index contributed by atoms with van der Waals surface area (Å²) in [5, 5.41) is 18.2. The van der Waals surface area contributed by atoms with E-state index in [2.05, 4.69) is 0 Å². The lowest BCUT2D eigenvalue weighted by molar-refractivity contribution is -0.141. The minimum Gasteiger partial charge on any atom is -0.480 e. The quantitative estimate of drug-likeness (QED) is 0.888. The standard InChI is InChI=1S/C14H15N3O3/c1-16(11-6-3-2-5-10(11)9-15)14(20)17-8-4-7-12(17)13(18)19/h2-3,5-6,12H,4,7-8H2,1H3,(H,18,19). The highest BCUT2D eigenvalue weighted by molar-refractivity contribution is 5.95. The van der Waals surface area contributed by atoms with Crippen LogP contribution in [0.3, 0.4) is 0 Å². The predicted octanol–water partition coefficient (Wildman–Crippen LogP) is 1.66. The number of para-hydroxylation sites is 1. The Bertz CT molecular complexity index is 579. The van der Waals surface area contributed by atoms with E-state index in [0.717, 1.165) is 0 Å². The number of carboxylic acid groups (broad SMARTS) is 1. The fraction of sp³-hybridized carbons (Fsp3) is 0.357. The molecule has 20 heavy (non-hydrogen) atoms. The molecule has 6 nitrogen and oxygen atoms in total. The third-order valence-electron chi connectivity index (χ3n) is 3.46. The van der Waals surface area contributed by atoms with E-state index in [4.69, 9.17) is 10.4 Å². The molecule has 1 heterocycles. The van der Waals surface area contributed by atoms with Crippen molar-refractivity contribution in [1.29, 1.82) is 5.26 Å². The first-order valence-corrected chi connectivity index (χ1v) is 6.32. The molecule has 1 fully saturated rings. The molecule has 1 unspecified atom stereocenters. The van der Waals surface area contributed by atoms with Gasteiger partial charge in [-0.2, -0.15) is 5.26 Å². The van der Waals surface area contributed by atoms with E-state index < -0.39 is 18.0 Å². The Kier molecular flexibility index (Phi) is 3.89. The maximum absolute atomic E-state index is 12.4. The van der Waals surface area contributed by atoms with Gasteiger partial charge in [-0.3, -0.25) is 4.90 Å². The topological polar surface area (TPSA) is 84.6 Å². The molecule has 2 amide bonds. The zero-order chi connectivity index (χ0) is 14.7. The molecule has 0 aromatic heterocycles. The zero-order valence-electron chi connectivity index (χ0n) is 11.1. The average molecular weight is 273 g/mol. The van der Waals surface area contributed by atoms with Gasteiger partial charge in [0.2, 0.25) is 0 Å². The van der Waals surface area contributed by atoms with Crippen molar-refractivity contribution in [3.8, 4) is 6.07 Å². The summed E-state index contributed by atoms with van der Waals surface area (Å²) in [6, 6.07) is 7.60. The molecule has 0 radical (unpaired) electrons. The lowest BCUT2D eigenvalue weighted by atomic mass is 10.2. The Balaban J connectivity index is 2.25. The number of rotatable bonds is 2. The van der Waals surface area contributed by atoms with Crippen LogP contribution in [-0.2, 0) is 4.79 Å². The van der Waals surface area contributed by atoms with E-state index in [1.807, 2.05) is 6.07 Å². The largest absolute Gasteiger partial charge is 0.480 e. The van der Waals surface area contributed by atoms with Gasteiger partial charge in [-0.25, -0.2) is 9.59 Å². The maximum Gasteiger partial charge on any atom is 0.326 e. The lowest BCUT2D eigenvalue weighted by Crippen LogP contribution is -2.47. The summed E-state index contributed by atoms with van der Waals surface area (Å²) in [7, 11) is 1.55. The molecular formula is C14H15N3O3. The van der Waals surface area contributed by atoms with E-state index in [0.29, 0.717) is 30.6 Å². The Morgan fingerprint density at radius 3 is 2.80 bits per heavy atom. The number of carboxylic acids is 1. The van der Waals surface area contributed by atoms with Crippen LogP contribution in [0.5, 0.6) is 0 Å². The molecule has 1 atom stereocenters. The number of nitrogens with zero attached hydrogens (tertiary/aromatic N) is 3. The number of aliphatic carboxylic acids is 1. The molecule has 1 aromatic carbocycles. The van der Waals surface area contributed by atoms with E-state index in [1.165, 1.54) is 9.80 Å². The smallest absolute Gasteiger partial charge is 0.326 e. The van der Waals surface area contributed by atoms with Crippen LogP contribution in [0, 0.1) is 11.3 Å². The van der Waals surface area contributed by atoms with Crippen LogP contribution in [-0.4, -0.2) is 41.6 Å². The maximum atomic E-state index is 12.4. The Hall–Kier alpha value is -2.55. The lowest BCUT2D eigenvalue weighted by Gasteiger charge is -2.28. The predicted molar refractivity (Wildman–Crippen MR) is 72.3 cm³/mol. The summed E-state index contributed by atoms with van der Waals surface area (Å²) in [5.74, 6) is -0.988. The molecule has 1 aliphatic rings. The third-order valence-corrected chi connectivity index (χ3v) is 3.46. The molecule has 0 bridgehead atoms. The molecule has 0 spiro atoms. The van der Waals surface area contributed by atoms with Crippen molar-refractivity contribution in [1.82, 2.24) is 4.90 Å². The van der Waals surface area contributed by atoms with Gasteiger partial charge in [0.1, 0.15) is 12.1 Å². The highest BCUT2D eigenvalue weighted by atomic mass is 16.4. The Morgan fingerprint density at radius 2 is 2.15 bits per heavy atom. The van der Waals surface area contributed by atoms with E-state index in [9.17, 15) is 9.59 Å². The average Bonchev–Trinajstić information content (AvgIpc) is 2.95.